The fourth-order valence-corrected chi connectivity index (χ4v) is 1.55. The Hall–Kier alpha value is -2.77. The topological polar surface area (TPSA) is 81.4 Å². The average Bonchev–Trinajstić information content (AvgIpc) is 2.97. The maximum Gasteiger partial charge on any atom is 0.360 e. The van der Waals surface area contributed by atoms with Gasteiger partial charge < -0.3 is 14.5 Å². The molecule has 1 amide bonds. The summed E-state index contributed by atoms with van der Waals surface area (Å²) < 4.78 is 35.7. The van der Waals surface area contributed by atoms with Crippen LogP contribution in [-0.2, 0) is 16.0 Å². The summed E-state index contributed by atoms with van der Waals surface area (Å²) in [5.41, 5.74) is -0.269. The summed E-state index contributed by atoms with van der Waals surface area (Å²) >= 11 is 0. The SMILES string of the molecule is CCc1nc(C(=O)OCC(=O)Nc2ccc(F)cc2F)co1. The number of aromatic nitrogens is 1. The Morgan fingerprint density at radius 1 is 1.36 bits per heavy atom. The quantitative estimate of drug-likeness (QED) is 0.857. The molecule has 2 rings (SSSR count). The standard InChI is InChI=1S/C14H12F2N2O4/c1-2-13-18-11(6-21-13)14(20)22-7-12(19)17-10-4-3-8(15)5-9(10)16/h3-6H,2,7H2,1H3,(H,17,19). The van der Waals surface area contributed by atoms with Crippen molar-refractivity contribution in [1.29, 1.82) is 0 Å². The highest BCUT2D eigenvalue weighted by Crippen LogP contribution is 2.14. The smallest absolute Gasteiger partial charge is 0.360 e. The maximum absolute atomic E-state index is 13.3. The first-order valence-electron chi connectivity index (χ1n) is 6.36. The molecule has 0 bridgehead atoms. The molecule has 0 unspecified atom stereocenters. The number of hydrogen-bond acceptors (Lipinski definition) is 5. The van der Waals surface area contributed by atoms with E-state index in [0.717, 1.165) is 18.4 Å². The van der Waals surface area contributed by atoms with Crippen molar-refractivity contribution in [2.24, 2.45) is 0 Å². The Labute approximate surface area is 124 Å². The summed E-state index contributed by atoms with van der Waals surface area (Å²) in [6, 6.07) is 2.69. The molecule has 1 heterocycles. The minimum Gasteiger partial charge on any atom is -0.451 e. The molecule has 1 N–H and O–H groups in total. The molecule has 0 radical (unpaired) electrons. The first-order chi connectivity index (χ1) is 10.5. The van der Waals surface area contributed by atoms with Gasteiger partial charge in [-0.15, -0.1) is 0 Å². The summed E-state index contributed by atoms with van der Waals surface area (Å²) in [5, 5.41) is 2.16. The number of ether oxygens (including phenoxy) is 1. The minimum atomic E-state index is -0.927. The molecule has 0 atom stereocenters. The number of esters is 1. The number of nitrogens with zero attached hydrogens (tertiary/aromatic N) is 1. The summed E-state index contributed by atoms with van der Waals surface area (Å²) in [5.74, 6) is -2.93. The summed E-state index contributed by atoms with van der Waals surface area (Å²) in [7, 11) is 0. The van der Waals surface area contributed by atoms with Crippen molar-refractivity contribution in [2.75, 3.05) is 11.9 Å². The number of hydrogen-bond donors (Lipinski definition) is 1. The predicted molar refractivity (Wildman–Crippen MR) is 71.2 cm³/mol. The number of anilines is 1. The van der Waals surface area contributed by atoms with Crippen molar-refractivity contribution < 1.29 is 27.5 Å². The van der Waals surface area contributed by atoms with Gasteiger partial charge in [-0.25, -0.2) is 18.6 Å². The number of amides is 1. The van der Waals surface area contributed by atoms with Crippen molar-refractivity contribution >= 4 is 17.6 Å². The summed E-state index contributed by atoms with van der Waals surface area (Å²) in [4.78, 5) is 27.0. The van der Waals surface area contributed by atoms with Crippen LogP contribution in [0.3, 0.4) is 0 Å². The van der Waals surface area contributed by atoms with Crippen LogP contribution in [0.1, 0.15) is 23.3 Å². The molecule has 0 saturated heterocycles. The highest BCUT2D eigenvalue weighted by Gasteiger charge is 2.15. The number of carbonyl (C=O) groups is 2. The van der Waals surface area contributed by atoms with Crippen molar-refractivity contribution in [1.82, 2.24) is 4.98 Å². The van der Waals surface area contributed by atoms with Crippen LogP contribution >= 0.6 is 0 Å². The molecule has 0 spiro atoms. The van der Waals surface area contributed by atoms with Crippen molar-refractivity contribution in [3.8, 4) is 0 Å². The Bertz CT molecular complexity index is 700. The second kappa shape index (κ2) is 6.79. The number of nitrogens with one attached hydrogen (secondary N) is 1. The highest BCUT2D eigenvalue weighted by atomic mass is 19.1. The van der Waals surface area contributed by atoms with Gasteiger partial charge in [-0.05, 0) is 12.1 Å². The number of halogens is 2. The fourth-order valence-electron chi connectivity index (χ4n) is 1.55. The maximum atomic E-state index is 13.3. The van der Waals surface area contributed by atoms with Crippen LogP contribution in [0.2, 0.25) is 0 Å². The van der Waals surface area contributed by atoms with E-state index in [0.29, 0.717) is 18.4 Å². The summed E-state index contributed by atoms with van der Waals surface area (Å²) in [6.07, 6.45) is 1.64. The van der Waals surface area contributed by atoms with Gasteiger partial charge in [-0.2, -0.15) is 0 Å². The van der Waals surface area contributed by atoms with E-state index in [1.807, 2.05) is 0 Å². The number of rotatable bonds is 5. The molecule has 1 aromatic heterocycles. The lowest BCUT2D eigenvalue weighted by Gasteiger charge is -2.06. The van der Waals surface area contributed by atoms with E-state index in [1.54, 1.807) is 6.92 Å². The highest BCUT2D eigenvalue weighted by molar-refractivity contribution is 5.94. The summed E-state index contributed by atoms with van der Waals surface area (Å²) in [6.45, 7) is 1.16. The number of benzene rings is 1. The number of carbonyl (C=O) groups excluding carboxylic acids is 2. The van der Waals surface area contributed by atoms with Gasteiger partial charge in [0.1, 0.15) is 17.9 Å². The van der Waals surface area contributed by atoms with Crippen molar-refractivity contribution in [2.45, 2.75) is 13.3 Å². The van der Waals surface area contributed by atoms with Crippen LogP contribution in [0.5, 0.6) is 0 Å². The van der Waals surface area contributed by atoms with Crippen LogP contribution in [-0.4, -0.2) is 23.5 Å². The molecule has 2 aromatic rings. The molecule has 0 aliphatic heterocycles. The van der Waals surface area contributed by atoms with E-state index < -0.39 is 30.1 Å². The fraction of sp³-hybridized carbons (Fsp3) is 0.214. The molecule has 22 heavy (non-hydrogen) atoms. The molecule has 0 aliphatic rings. The van der Waals surface area contributed by atoms with Crippen LogP contribution in [0.15, 0.2) is 28.9 Å². The lowest BCUT2D eigenvalue weighted by Crippen LogP contribution is -2.21. The Kier molecular flexibility index (Phi) is 4.82. The third-order valence-electron chi connectivity index (χ3n) is 2.60. The largest absolute Gasteiger partial charge is 0.451 e. The Morgan fingerprint density at radius 2 is 2.14 bits per heavy atom. The zero-order chi connectivity index (χ0) is 16.1. The minimum absolute atomic E-state index is 0.0578. The van der Waals surface area contributed by atoms with Crippen molar-refractivity contribution in [3.63, 3.8) is 0 Å². The Morgan fingerprint density at radius 3 is 2.77 bits per heavy atom. The molecular weight excluding hydrogens is 298 g/mol. The van der Waals surface area contributed by atoms with Gasteiger partial charge in [-0.3, -0.25) is 4.79 Å². The molecule has 8 heteroatoms. The molecule has 1 aromatic carbocycles. The van der Waals surface area contributed by atoms with E-state index >= 15 is 0 Å². The van der Waals surface area contributed by atoms with Gasteiger partial charge in [-0.1, -0.05) is 6.92 Å². The van der Waals surface area contributed by atoms with Crippen LogP contribution < -0.4 is 5.32 Å². The third-order valence-corrected chi connectivity index (χ3v) is 2.60. The van der Waals surface area contributed by atoms with Crippen molar-refractivity contribution in [3.05, 3.63) is 47.7 Å². The third kappa shape index (κ3) is 3.87. The molecule has 6 nitrogen and oxygen atoms in total. The normalized spacial score (nSPS) is 10.3. The molecule has 0 aliphatic carbocycles. The van der Waals surface area contributed by atoms with Crippen LogP contribution in [0.25, 0.3) is 0 Å². The molecular formula is C14H12F2N2O4. The van der Waals surface area contributed by atoms with E-state index in [4.69, 9.17) is 9.15 Å². The van der Waals surface area contributed by atoms with E-state index in [9.17, 15) is 18.4 Å². The zero-order valence-electron chi connectivity index (χ0n) is 11.6. The molecule has 0 saturated carbocycles. The van der Waals surface area contributed by atoms with Gasteiger partial charge in [0.15, 0.2) is 18.2 Å². The van der Waals surface area contributed by atoms with Gasteiger partial charge in [0.05, 0.1) is 5.69 Å². The first kappa shape index (κ1) is 15.6. The lowest BCUT2D eigenvalue weighted by molar-refractivity contribution is -0.119. The van der Waals surface area contributed by atoms with E-state index in [1.165, 1.54) is 0 Å². The monoisotopic (exact) mass is 310 g/mol. The predicted octanol–water partition coefficient (Wildman–Crippen LogP) is 2.31. The van der Waals surface area contributed by atoms with Crippen LogP contribution in [0, 0.1) is 11.6 Å². The second-order valence-corrected chi connectivity index (χ2v) is 4.23. The average molecular weight is 310 g/mol. The van der Waals surface area contributed by atoms with Gasteiger partial charge in [0.25, 0.3) is 5.91 Å². The van der Waals surface area contributed by atoms with E-state index in [-0.39, 0.29) is 11.4 Å². The number of oxazole rings is 1. The first-order valence-corrected chi connectivity index (χ1v) is 6.36. The van der Waals surface area contributed by atoms with Crippen LogP contribution in [0.4, 0.5) is 14.5 Å². The van der Waals surface area contributed by atoms with Gasteiger partial charge in [0, 0.05) is 12.5 Å². The number of aryl methyl sites for hydroxylation is 1. The zero-order valence-corrected chi connectivity index (χ0v) is 11.6. The second-order valence-electron chi connectivity index (χ2n) is 4.23. The molecule has 116 valence electrons. The van der Waals surface area contributed by atoms with Gasteiger partial charge >= 0.3 is 5.97 Å². The Balaban J connectivity index is 1.88. The van der Waals surface area contributed by atoms with E-state index in [2.05, 4.69) is 10.3 Å². The molecule has 0 fully saturated rings. The van der Waals surface area contributed by atoms with Gasteiger partial charge in [0.2, 0.25) is 0 Å². The lowest BCUT2D eigenvalue weighted by atomic mass is 10.3.